The molecule has 0 aliphatic rings. The second-order valence-electron chi connectivity index (χ2n) is 8.35. The van der Waals surface area contributed by atoms with Crippen LogP contribution in [0.15, 0.2) is 102 Å². The van der Waals surface area contributed by atoms with Crippen LogP contribution in [-0.4, -0.2) is 30.5 Å². The number of carboxylic acid groups (broad SMARTS) is 1. The molecule has 0 saturated carbocycles. The molecule has 0 unspecified atom stereocenters. The monoisotopic (exact) mass is 514 g/mol. The maximum Gasteiger partial charge on any atom is 0.341 e. The predicted octanol–water partition coefficient (Wildman–Crippen LogP) is 7.50. The van der Waals surface area contributed by atoms with Crippen molar-refractivity contribution in [1.82, 2.24) is 0 Å². The molecular weight excluding hydrogens is 487 g/mol. The average Bonchev–Trinajstić information content (AvgIpc) is 2.91. The van der Waals surface area contributed by atoms with E-state index in [2.05, 4.69) is 30.3 Å². The molecule has 0 radical (unpaired) electrons. The minimum Gasteiger partial charge on any atom is -0.497 e. The third-order valence-electron chi connectivity index (χ3n) is 5.81. The van der Waals surface area contributed by atoms with E-state index in [1.807, 2.05) is 43.3 Å². The van der Waals surface area contributed by atoms with E-state index < -0.39 is 5.97 Å². The van der Waals surface area contributed by atoms with Crippen molar-refractivity contribution in [3.63, 3.8) is 0 Å². The van der Waals surface area contributed by atoms with Gasteiger partial charge in [0.1, 0.15) is 17.3 Å². The number of benzene rings is 4. The Balaban J connectivity index is 1.54. The number of ether oxygens (including phenoxy) is 2. The van der Waals surface area contributed by atoms with Gasteiger partial charge in [0.05, 0.1) is 7.11 Å². The van der Waals surface area contributed by atoms with Gasteiger partial charge in [-0.3, -0.25) is 0 Å². The van der Waals surface area contributed by atoms with Gasteiger partial charge in [0.15, 0.2) is 6.61 Å². The molecule has 0 aromatic heterocycles. The van der Waals surface area contributed by atoms with Crippen molar-refractivity contribution in [2.45, 2.75) is 11.8 Å². The van der Waals surface area contributed by atoms with Gasteiger partial charge in [0, 0.05) is 10.6 Å². The molecule has 0 aliphatic heterocycles. The first-order chi connectivity index (χ1) is 17.9. The van der Waals surface area contributed by atoms with Crippen LogP contribution in [0.4, 0.5) is 4.39 Å². The van der Waals surface area contributed by atoms with E-state index in [4.69, 9.17) is 14.6 Å². The molecule has 0 amide bonds. The largest absolute Gasteiger partial charge is 0.497 e. The summed E-state index contributed by atoms with van der Waals surface area (Å²) in [4.78, 5) is 11.8. The number of aliphatic carboxylic acids is 1. The molecule has 4 nitrogen and oxygen atoms in total. The average molecular weight is 515 g/mol. The van der Waals surface area contributed by atoms with Crippen LogP contribution in [0.25, 0.3) is 16.7 Å². The lowest BCUT2D eigenvalue weighted by molar-refractivity contribution is -0.139. The maximum atomic E-state index is 13.6. The first-order valence-corrected chi connectivity index (χ1v) is 12.7. The molecule has 0 aliphatic carbocycles. The first kappa shape index (κ1) is 26.0. The predicted molar refractivity (Wildman–Crippen MR) is 147 cm³/mol. The van der Waals surface area contributed by atoms with Crippen LogP contribution in [-0.2, 0) is 4.79 Å². The topological polar surface area (TPSA) is 55.8 Å². The van der Waals surface area contributed by atoms with E-state index in [1.54, 1.807) is 37.1 Å². The summed E-state index contributed by atoms with van der Waals surface area (Å²) >= 11 is 1.66. The molecule has 0 saturated heterocycles. The summed E-state index contributed by atoms with van der Waals surface area (Å²) in [7, 11) is 1.65. The van der Waals surface area contributed by atoms with Crippen molar-refractivity contribution in [3.05, 3.63) is 120 Å². The SMILES string of the molecule is COc1ccc(-c2ccc(C(=CCSc3ccc(OCC(=O)O)c(C)c3)c3ccc(F)cc3)cc2)cc1. The van der Waals surface area contributed by atoms with Crippen LogP contribution < -0.4 is 9.47 Å². The standard InChI is InChI=1S/C31H27FO4S/c1-21-19-28(15-16-30(21)36-20-31(33)34)37-18-17-29(25-7-11-26(32)12-8-25)24-5-3-22(4-6-24)23-9-13-27(35-2)14-10-23/h3-17,19H,18,20H2,1-2H3,(H,33,34). The summed E-state index contributed by atoms with van der Waals surface area (Å²) in [6.07, 6.45) is 2.14. The van der Waals surface area contributed by atoms with Crippen molar-refractivity contribution < 1.29 is 23.8 Å². The van der Waals surface area contributed by atoms with Crippen molar-refractivity contribution in [2.75, 3.05) is 19.5 Å². The van der Waals surface area contributed by atoms with E-state index in [1.165, 1.54) is 12.1 Å². The number of aryl methyl sites for hydroxylation is 1. The fourth-order valence-corrected chi connectivity index (χ4v) is 4.76. The van der Waals surface area contributed by atoms with Gasteiger partial charge in [-0.2, -0.15) is 0 Å². The van der Waals surface area contributed by atoms with Crippen LogP contribution >= 0.6 is 11.8 Å². The van der Waals surface area contributed by atoms with Crippen molar-refractivity contribution in [2.24, 2.45) is 0 Å². The van der Waals surface area contributed by atoms with Gasteiger partial charge in [0.25, 0.3) is 0 Å². The van der Waals surface area contributed by atoms with Gasteiger partial charge in [-0.1, -0.05) is 54.6 Å². The fraction of sp³-hybridized carbons (Fsp3) is 0.129. The number of hydrogen-bond donors (Lipinski definition) is 1. The van der Waals surface area contributed by atoms with Crippen molar-refractivity contribution in [1.29, 1.82) is 0 Å². The molecule has 0 atom stereocenters. The number of methoxy groups -OCH3 is 1. The van der Waals surface area contributed by atoms with Gasteiger partial charge in [0.2, 0.25) is 0 Å². The molecule has 0 bridgehead atoms. The van der Waals surface area contributed by atoms with E-state index >= 15 is 0 Å². The lowest BCUT2D eigenvalue weighted by Gasteiger charge is -2.11. The summed E-state index contributed by atoms with van der Waals surface area (Å²) in [5.41, 5.74) is 6.07. The number of thioether (sulfide) groups is 1. The van der Waals surface area contributed by atoms with Crippen LogP contribution in [0.3, 0.4) is 0 Å². The summed E-state index contributed by atoms with van der Waals surface area (Å²) in [6, 6.07) is 28.5. The fourth-order valence-electron chi connectivity index (χ4n) is 3.89. The Kier molecular flexibility index (Phi) is 8.64. The smallest absolute Gasteiger partial charge is 0.341 e. The molecule has 1 N–H and O–H groups in total. The highest BCUT2D eigenvalue weighted by atomic mass is 32.2. The van der Waals surface area contributed by atoms with Crippen LogP contribution in [0.5, 0.6) is 11.5 Å². The molecule has 188 valence electrons. The number of hydrogen-bond acceptors (Lipinski definition) is 4. The first-order valence-electron chi connectivity index (χ1n) is 11.7. The second kappa shape index (κ2) is 12.3. The van der Waals surface area contributed by atoms with Gasteiger partial charge in [-0.15, -0.1) is 11.8 Å². The highest BCUT2D eigenvalue weighted by molar-refractivity contribution is 7.99. The third kappa shape index (κ3) is 7.02. The molecule has 37 heavy (non-hydrogen) atoms. The second-order valence-corrected chi connectivity index (χ2v) is 9.44. The minimum atomic E-state index is -1.01. The number of rotatable bonds is 10. The Labute approximate surface area is 220 Å². The summed E-state index contributed by atoms with van der Waals surface area (Å²) < 4.78 is 24.2. The van der Waals surface area contributed by atoms with E-state index in [-0.39, 0.29) is 12.4 Å². The van der Waals surface area contributed by atoms with Crippen molar-refractivity contribution >= 4 is 23.3 Å². The summed E-state index contributed by atoms with van der Waals surface area (Å²) in [5, 5.41) is 8.82. The van der Waals surface area contributed by atoms with E-state index in [9.17, 15) is 9.18 Å². The Morgan fingerprint density at radius 2 is 1.49 bits per heavy atom. The minimum absolute atomic E-state index is 0.270. The molecule has 4 rings (SSSR count). The number of carbonyl (C=O) groups is 1. The normalized spacial score (nSPS) is 11.3. The number of carboxylic acids is 1. The lowest BCUT2D eigenvalue weighted by atomic mass is 9.95. The highest BCUT2D eigenvalue weighted by Crippen LogP contribution is 2.30. The molecule has 4 aromatic carbocycles. The Morgan fingerprint density at radius 3 is 2.05 bits per heavy atom. The Hall–Kier alpha value is -4.03. The number of halogens is 1. The van der Waals surface area contributed by atoms with E-state index in [0.29, 0.717) is 11.5 Å². The highest BCUT2D eigenvalue weighted by Gasteiger charge is 2.08. The Morgan fingerprint density at radius 1 is 0.892 bits per heavy atom. The van der Waals surface area contributed by atoms with Gasteiger partial charge in [-0.05, 0) is 82.8 Å². The lowest BCUT2D eigenvalue weighted by Crippen LogP contribution is -2.09. The molecule has 4 aromatic rings. The molecule has 6 heteroatoms. The van der Waals surface area contributed by atoms with E-state index in [0.717, 1.165) is 44.0 Å². The van der Waals surface area contributed by atoms with Crippen LogP contribution in [0.1, 0.15) is 16.7 Å². The van der Waals surface area contributed by atoms with Crippen LogP contribution in [0.2, 0.25) is 0 Å². The quantitative estimate of drug-likeness (QED) is 0.222. The zero-order valence-electron chi connectivity index (χ0n) is 20.6. The van der Waals surface area contributed by atoms with Gasteiger partial charge >= 0.3 is 5.97 Å². The zero-order chi connectivity index (χ0) is 26.2. The molecular formula is C31H27FO4S. The third-order valence-corrected chi connectivity index (χ3v) is 6.73. The van der Waals surface area contributed by atoms with Gasteiger partial charge in [-0.25, -0.2) is 9.18 Å². The Bertz CT molecular complexity index is 1380. The summed E-state index contributed by atoms with van der Waals surface area (Å²) in [5.74, 6) is 0.798. The van der Waals surface area contributed by atoms with Crippen LogP contribution in [0, 0.1) is 12.7 Å². The van der Waals surface area contributed by atoms with Crippen molar-refractivity contribution in [3.8, 4) is 22.6 Å². The maximum absolute atomic E-state index is 13.6. The summed E-state index contributed by atoms with van der Waals surface area (Å²) in [6.45, 7) is 1.53. The van der Waals surface area contributed by atoms with Gasteiger partial charge < -0.3 is 14.6 Å². The molecule has 0 heterocycles. The molecule has 0 fully saturated rings. The zero-order valence-corrected chi connectivity index (χ0v) is 21.4. The molecule has 0 spiro atoms.